The predicted molar refractivity (Wildman–Crippen MR) is 66.0 cm³/mol. The average molecular weight is 289 g/mol. The van der Waals surface area contributed by atoms with Gasteiger partial charge in [-0.1, -0.05) is 18.2 Å². The van der Waals surface area contributed by atoms with Crippen molar-refractivity contribution in [1.82, 2.24) is 4.90 Å². The van der Waals surface area contributed by atoms with Crippen molar-refractivity contribution in [2.75, 3.05) is 14.1 Å². The minimum absolute atomic E-state index is 0.607. The Kier molecular flexibility index (Phi) is 4.19. The molecule has 0 heterocycles. The molecule has 0 N–H and O–H groups in total. The van der Waals surface area contributed by atoms with Crippen LogP contribution in [0.25, 0.3) is 0 Å². The van der Waals surface area contributed by atoms with E-state index in [1.165, 1.54) is 9.13 Å². The summed E-state index contributed by atoms with van der Waals surface area (Å²) in [6.07, 6.45) is 1.13. The molecule has 0 unspecified atom stereocenters. The third kappa shape index (κ3) is 3.27. The van der Waals surface area contributed by atoms with Crippen molar-refractivity contribution in [2.24, 2.45) is 0 Å². The summed E-state index contributed by atoms with van der Waals surface area (Å²) in [7, 11) is 4.25. The fourth-order valence-electron chi connectivity index (χ4n) is 1.16. The van der Waals surface area contributed by atoms with Gasteiger partial charge in [-0.15, -0.1) is 0 Å². The molecular formula is C11H16IN. The van der Waals surface area contributed by atoms with Gasteiger partial charge in [0, 0.05) is 9.61 Å². The zero-order valence-corrected chi connectivity index (χ0v) is 10.6. The zero-order chi connectivity index (χ0) is 9.84. The predicted octanol–water partition coefficient (Wildman–Crippen LogP) is 2.78. The molecule has 0 aliphatic heterocycles. The highest BCUT2D eigenvalue weighted by molar-refractivity contribution is 14.1. The molecule has 0 spiro atoms. The van der Waals surface area contributed by atoms with Gasteiger partial charge >= 0.3 is 0 Å². The summed E-state index contributed by atoms with van der Waals surface area (Å²) in [6.45, 7) is 2.25. The van der Waals surface area contributed by atoms with Crippen molar-refractivity contribution in [2.45, 2.75) is 19.4 Å². The molecule has 1 atom stereocenters. The van der Waals surface area contributed by atoms with Crippen molar-refractivity contribution in [3.05, 3.63) is 33.4 Å². The second-order valence-electron chi connectivity index (χ2n) is 3.61. The van der Waals surface area contributed by atoms with E-state index in [9.17, 15) is 0 Å². The number of benzene rings is 1. The highest BCUT2D eigenvalue weighted by atomic mass is 127. The zero-order valence-electron chi connectivity index (χ0n) is 8.42. The molecule has 13 heavy (non-hydrogen) atoms. The molecule has 2 heteroatoms. The van der Waals surface area contributed by atoms with Crippen molar-refractivity contribution >= 4 is 22.6 Å². The molecule has 0 saturated heterocycles. The molecule has 0 aromatic heterocycles. The Morgan fingerprint density at radius 2 is 1.92 bits per heavy atom. The standard InChI is InChI=1S/C11H16IN/c1-9(13(2)3)8-10-6-4-5-7-11(10)12/h4-7,9H,8H2,1-3H3/t9-/m1/s1. The van der Waals surface area contributed by atoms with Crippen LogP contribution in [0.4, 0.5) is 0 Å². The first-order valence-electron chi connectivity index (χ1n) is 4.51. The summed E-state index contributed by atoms with van der Waals surface area (Å²) in [6, 6.07) is 9.18. The SMILES string of the molecule is C[C@H](Cc1ccccc1I)N(C)C. The van der Waals surface area contributed by atoms with E-state index in [0.29, 0.717) is 6.04 Å². The van der Waals surface area contributed by atoms with Crippen molar-refractivity contribution in [1.29, 1.82) is 0 Å². The molecule has 0 amide bonds. The highest BCUT2D eigenvalue weighted by Crippen LogP contribution is 2.14. The lowest BCUT2D eigenvalue weighted by atomic mass is 10.1. The molecule has 0 bridgehead atoms. The van der Waals surface area contributed by atoms with E-state index < -0.39 is 0 Å². The maximum absolute atomic E-state index is 2.40. The Morgan fingerprint density at radius 1 is 1.31 bits per heavy atom. The normalized spacial score (nSPS) is 13.3. The maximum Gasteiger partial charge on any atom is 0.0162 e. The monoisotopic (exact) mass is 289 g/mol. The minimum atomic E-state index is 0.607. The topological polar surface area (TPSA) is 3.24 Å². The maximum atomic E-state index is 2.40. The van der Waals surface area contributed by atoms with Crippen LogP contribution in [0, 0.1) is 3.57 Å². The number of halogens is 1. The third-order valence-electron chi connectivity index (χ3n) is 2.35. The van der Waals surface area contributed by atoms with Crippen LogP contribution in [-0.4, -0.2) is 25.0 Å². The van der Waals surface area contributed by atoms with Crippen LogP contribution in [0.3, 0.4) is 0 Å². The van der Waals surface area contributed by atoms with Gasteiger partial charge in [-0.2, -0.15) is 0 Å². The van der Waals surface area contributed by atoms with Crippen LogP contribution in [0.15, 0.2) is 24.3 Å². The highest BCUT2D eigenvalue weighted by Gasteiger charge is 2.07. The van der Waals surface area contributed by atoms with Gasteiger partial charge in [0.05, 0.1) is 0 Å². The first-order valence-corrected chi connectivity index (χ1v) is 5.59. The fourth-order valence-corrected chi connectivity index (χ4v) is 1.77. The first-order chi connectivity index (χ1) is 6.11. The third-order valence-corrected chi connectivity index (χ3v) is 3.41. The number of hydrogen-bond acceptors (Lipinski definition) is 1. The van der Waals surface area contributed by atoms with Crippen LogP contribution < -0.4 is 0 Å². The molecule has 1 aromatic carbocycles. The molecule has 0 saturated carbocycles. The molecule has 0 aliphatic rings. The second kappa shape index (κ2) is 4.96. The minimum Gasteiger partial charge on any atom is -0.306 e. The average Bonchev–Trinajstić information content (AvgIpc) is 2.08. The van der Waals surface area contributed by atoms with E-state index in [0.717, 1.165) is 6.42 Å². The van der Waals surface area contributed by atoms with Crippen LogP contribution >= 0.6 is 22.6 Å². The van der Waals surface area contributed by atoms with Gasteiger partial charge in [0.2, 0.25) is 0 Å². The smallest absolute Gasteiger partial charge is 0.0162 e. The Morgan fingerprint density at radius 3 is 2.46 bits per heavy atom. The van der Waals surface area contributed by atoms with E-state index in [2.05, 4.69) is 72.8 Å². The number of rotatable bonds is 3. The lowest BCUT2D eigenvalue weighted by molar-refractivity contribution is 0.312. The van der Waals surface area contributed by atoms with Gasteiger partial charge in [-0.25, -0.2) is 0 Å². The van der Waals surface area contributed by atoms with Gasteiger partial charge in [0.15, 0.2) is 0 Å². The van der Waals surface area contributed by atoms with Crippen LogP contribution in [0.2, 0.25) is 0 Å². The van der Waals surface area contributed by atoms with Gasteiger partial charge in [0.25, 0.3) is 0 Å². The summed E-state index contributed by atoms with van der Waals surface area (Å²) in [5, 5.41) is 0. The van der Waals surface area contributed by atoms with Crippen molar-refractivity contribution in [3.8, 4) is 0 Å². The van der Waals surface area contributed by atoms with Crippen molar-refractivity contribution in [3.63, 3.8) is 0 Å². The number of likely N-dealkylation sites (N-methyl/N-ethyl adjacent to an activating group) is 1. The largest absolute Gasteiger partial charge is 0.306 e. The second-order valence-corrected chi connectivity index (χ2v) is 4.77. The molecule has 0 aliphatic carbocycles. The molecule has 1 aromatic rings. The summed E-state index contributed by atoms with van der Waals surface area (Å²) in [4.78, 5) is 2.25. The number of hydrogen-bond donors (Lipinski definition) is 0. The van der Waals surface area contributed by atoms with Crippen LogP contribution in [0.5, 0.6) is 0 Å². The lowest BCUT2D eigenvalue weighted by Crippen LogP contribution is -2.26. The lowest BCUT2D eigenvalue weighted by Gasteiger charge is -2.20. The Bertz CT molecular complexity index is 271. The van der Waals surface area contributed by atoms with Gasteiger partial charge in [-0.3, -0.25) is 0 Å². The molecule has 72 valence electrons. The molecule has 0 fully saturated rings. The van der Waals surface area contributed by atoms with Gasteiger partial charge in [0.1, 0.15) is 0 Å². The summed E-state index contributed by atoms with van der Waals surface area (Å²) >= 11 is 2.40. The van der Waals surface area contributed by atoms with E-state index in [-0.39, 0.29) is 0 Å². The molecular weight excluding hydrogens is 273 g/mol. The Balaban J connectivity index is 2.69. The van der Waals surface area contributed by atoms with E-state index in [1.54, 1.807) is 0 Å². The molecule has 0 radical (unpaired) electrons. The molecule has 1 rings (SSSR count). The van der Waals surface area contributed by atoms with Crippen LogP contribution in [0.1, 0.15) is 12.5 Å². The first kappa shape index (κ1) is 11.0. The Hall–Kier alpha value is -0.0900. The summed E-state index contributed by atoms with van der Waals surface area (Å²) < 4.78 is 1.37. The van der Waals surface area contributed by atoms with Crippen molar-refractivity contribution < 1.29 is 0 Å². The molecule has 1 nitrogen and oxygen atoms in total. The van der Waals surface area contributed by atoms with Crippen LogP contribution in [-0.2, 0) is 6.42 Å². The van der Waals surface area contributed by atoms with E-state index >= 15 is 0 Å². The van der Waals surface area contributed by atoms with Gasteiger partial charge < -0.3 is 4.90 Å². The summed E-state index contributed by atoms with van der Waals surface area (Å²) in [5.41, 5.74) is 1.45. The quantitative estimate of drug-likeness (QED) is 0.773. The number of nitrogens with zero attached hydrogens (tertiary/aromatic N) is 1. The van der Waals surface area contributed by atoms with E-state index in [1.807, 2.05) is 0 Å². The fraction of sp³-hybridized carbons (Fsp3) is 0.455. The summed E-state index contributed by atoms with van der Waals surface area (Å²) in [5.74, 6) is 0. The van der Waals surface area contributed by atoms with E-state index in [4.69, 9.17) is 0 Å². The Labute approximate surface area is 94.3 Å². The van der Waals surface area contributed by atoms with Gasteiger partial charge in [-0.05, 0) is 61.7 Å².